The van der Waals surface area contributed by atoms with Gasteiger partial charge in [0.05, 0.1) is 25.3 Å². The summed E-state index contributed by atoms with van der Waals surface area (Å²) >= 11 is 0. The molecule has 0 amide bonds. The van der Waals surface area contributed by atoms with E-state index < -0.39 is 5.41 Å². The third kappa shape index (κ3) is 3.88. The second-order valence-corrected chi connectivity index (χ2v) is 5.12. The Morgan fingerprint density at radius 2 is 2.00 bits per heavy atom. The number of hydrogen-bond donors (Lipinski definition) is 1. The van der Waals surface area contributed by atoms with Gasteiger partial charge >= 0.3 is 5.97 Å². The molecule has 0 radical (unpaired) electrons. The number of esters is 1. The molecule has 0 aliphatic carbocycles. The maximum atomic E-state index is 11.6. The van der Waals surface area contributed by atoms with Gasteiger partial charge in [0, 0.05) is 6.54 Å². The predicted molar refractivity (Wildman–Crippen MR) is 76.7 cm³/mol. The van der Waals surface area contributed by atoms with Gasteiger partial charge in [-0.3, -0.25) is 4.79 Å². The fourth-order valence-electron chi connectivity index (χ4n) is 1.78. The summed E-state index contributed by atoms with van der Waals surface area (Å²) in [5.41, 5.74) is 1.54. The number of hydrogen-bond acceptors (Lipinski definition) is 4. The number of carbonyl (C=O) groups excluding carboxylic acids is 1. The normalized spacial score (nSPS) is 11.0. The lowest BCUT2D eigenvalue weighted by Crippen LogP contribution is -2.33. The van der Waals surface area contributed by atoms with E-state index in [0.717, 1.165) is 17.9 Å². The first-order chi connectivity index (χ1) is 8.94. The third-order valence-electron chi connectivity index (χ3n) is 3.13. The molecule has 0 atom stereocenters. The van der Waals surface area contributed by atoms with Crippen LogP contribution in [-0.2, 0) is 16.0 Å². The van der Waals surface area contributed by atoms with Gasteiger partial charge in [-0.25, -0.2) is 0 Å². The Morgan fingerprint density at radius 1 is 1.32 bits per heavy atom. The molecule has 0 heterocycles. The van der Waals surface area contributed by atoms with Crippen molar-refractivity contribution in [2.24, 2.45) is 5.41 Å². The van der Waals surface area contributed by atoms with Crippen LogP contribution in [0.25, 0.3) is 0 Å². The van der Waals surface area contributed by atoms with Crippen LogP contribution in [0.2, 0.25) is 0 Å². The monoisotopic (exact) mass is 265 g/mol. The van der Waals surface area contributed by atoms with Crippen LogP contribution >= 0.6 is 0 Å². The minimum atomic E-state index is -0.581. The summed E-state index contributed by atoms with van der Waals surface area (Å²) < 4.78 is 10.1. The van der Waals surface area contributed by atoms with E-state index in [-0.39, 0.29) is 5.97 Å². The smallest absolute Gasteiger partial charge is 0.313 e. The number of aryl methyl sites for hydroxylation is 1. The molecule has 0 fully saturated rings. The van der Waals surface area contributed by atoms with Crippen molar-refractivity contribution in [2.45, 2.75) is 27.2 Å². The SMILES string of the molecule is CCc1ccc(OC)c(NCC(C)(C)C(=O)OC)c1. The number of rotatable bonds is 6. The highest BCUT2D eigenvalue weighted by Crippen LogP contribution is 2.27. The summed E-state index contributed by atoms with van der Waals surface area (Å²) in [6.45, 7) is 6.29. The van der Waals surface area contributed by atoms with Gasteiger partial charge in [-0.05, 0) is 38.0 Å². The molecular formula is C15H23NO3. The van der Waals surface area contributed by atoms with Crippen LogP contribution in [0.1, 0.15) is 26.3 Å². The first-order valence-electron chi connectivity index (χ1n) is 6.43. The standard InChI is InChI=1S/C15H23NO3/c1-6-11-7-8-13(18-4)12(9-11)16-10-15(2,3)14(17)19-5/h7-9,16H,6,10H2,1-5H3. The number of ether oxygens (including phenoxy) is 2. The van der Waals surface area contributed by atoms with Gasteiger partial charge in [-0.2, -0.15) is 0 Å². The van der Waals surface area contributed by atoms with E-state index in [1.54, 1.807) is 7.11 Å². The van der Waals surface area contributed by atoms with Crippen molar-refractivity contribution < 1.29 is 14.3 Å². The van der Waals surface area contributed by atoms with Crippen LogP contribution in [0, 0.1) is 5.41 Å². The molecular weight excluding hydrogens is 242 g/mol. The summed E-state index contributed by atoms with van der Waals surface area (Å²) in [5.74, 6) is 0.545. The lowest BCUT2D eigenvalue weighted by atomic mass is 9.93. The third-order valence-corrected chi connectivity index (χ3v) is 3.13. The van der Waals surface area contributed by atoms with Crippen LogP contribution in [0.3, 0.4) is 0 Å². The van der Waals surface area contributed by atoms with E-state index in [0.29, 0.717) is 6.54 Å². The zero-order valence-corrected chi connectivity index (χ0v) is 12.4. The molecule has 0 aliphatic heterocycles. The Hall–Kier alpha value is -1.71. The fourth-order valence-corrected chi connectivity index (χ4v) is 1.78. The maximum absolute atomic E-state index is 11.6. The summed E-state index contributed by atoms with van der Waals surface area (Å²) in [4.78, 5) is 11.6. The van der Waals surface area contributed by atoms with Crippen molar-refractivity contribution in [2.75, 3.05) is 26.1 Å². The highest BCUT2D eigenvalue weighted by atomic mass is 16.5. The molecule has 1 rings (SSSR count). The molecule has 4 nitrogen and oxygen atoms in total. The summed E-state index contributed by atoms with van der Waals surface area (Å²) in [7, 11) is 3.04. The van der Waals surface area contributed by atoms with Gasteiger partial charge in [0.15, 0.2) is 0 Å². The van der Waals surface area contributed by atoms with Crippen LogP contribution in [0.4, 0.5) is 5.69 Å². The number of nitrogens with one attached hydrogen (secondary N) is 1. The van der Waals surface area contributed by atoms with Gasteiger partial charge < -0.3 is 14.8 Å². The maximum Gasteiger partial charge on any atom is 0.313 e. The van der Waals surface area contributed by atoms with E-state index in [9.17, 15) is 4.79 Å². The second-order valence-electron chi connectivity index (χ2n) is 5.12. The lowest BCUT2D eigenvalue weighted by molar-refractivity contribution is -0.149. The Balaban J connectivity index is 2.84. The van der Waals surface area contributed by atoms with Crippen LogP contribution in [-0.4, -0.2) is 26.7 Å². The molecule has 106 valence electrons. The zero-order valence-electron chi connectivity index (χ0n) is 12.4. The van der Waals surface area contributed by atoms with Crippen LogP contribution < -0.4 is 10.1 Å². The average Bonchev–Trinajstić information content (AvgIpc) is 2.43. The lowest BCUT2D eigenvalue weighted by Gasteiger charge is -2.23. The van der Waals surface area contributed by atoms with Crippen molar-refractivity contribution in [1.29, 1.82) is 0 Å². The first kappa shape index (κ1) is 15.3. The molecule has 1 aromatic rings. The molecule has 19 heavy (non-hydrogen) atoms. The van der Waals surface area contributed by atoms with Gasteiger partial charge in [0.1, 0.15) is 5.75 Å². The first-order valence-corrected chi connectivity index (χ1v) is 6.43. The largest absolute Gasteiger partial charge is 0.495 e. The van der Waals surface area contributed by atoms with Gasteiger partial charge in [-0.15, -0.1) is 0 Å². The molecule has 0 saturated heterocycles. The minimum absolute atomic E-state index is 0.231. The van der Waals surface area contributed by atoms with Crippen molar-refractivity contribution in [3.05, 3.63) is 23.8 Å². The fraction of sp³-hybridized carbons (Fsp3) is 0.533. The number of methoxy groups -OCH3 is 2. The zero-order chi connectivity index (χ0) is 14.5. The average molecular weight is 265 g/mol. The summed E-state index contributed by atoms with van der Waals surface area (Å²) in [6, 6.07) is 6.02. The Morgan fingerprint density at radius 3 is 2.53 bits per heavy atom. The van der Waals surface area contributed by atoms with Crippen LogP contribution in [0.5, 0.6) is 5.75 Å². The van der Waals surface area contributed by atoms with Crippen molar-refractivity contribution in [3.8, 4) is 5.75 Å². The summed E-state index contributed by atoms with van der Waals surface area (Å²) in [6.07, 6.45) is 0.957. The Bertz CT molecular complexity index is 441. The van der Waals surface area contributed by atoms with Gasteiger partial charge in [0.25, 0.3) is 0 Å². The number of benzene rings is 1. The second kappa shape index (κ2) is 6.45. The van der Waals surface area contributed by atoms with E-state index in [1.807, 2.05) is 32.0 Å². The van der Waals surface area contributed by atoms with E-state index in [4.69, 9.17) is 9.47 Å². The molecule has 0 saturated carbocycles. The van der Waals surface area contributed by atoms with Crippen LogP contribution in [0.15, 0.2) is 18.2 Å². The quantitative estimate of drug-likeness (QED) is 0.803. The van der Waals surface area contributed by atoms with Gasteiger partial charge in [-0.1, -0.05) is 13.0 Å². The number of anilines is 1. The van der Waals surface area contributed by atoms with E-state index in [2.05, 4.69) is 12.2 Å². The van der Waals surface area contributed by atoms with E-state index >= 15 is 0 Å². The van der Waals surface area contributed by atoms with Crippen molar-refractivity contribution in [3.63, 3.8) is 0 Å². The highest BCUT2D eigenvalue weighted by Gasteiger charge is 2.28. The predicted octanol–water partition coefficient (Wildman–Crippen LogP) is 2.87. The minimum Gasteiger partial charge on any atom is -0.495 e. The summed E-state index contributed by atoms with van der Waals surface area (Å²) in [5, 5.41) is 3.27. The van der Waals surface area contributed by atoms with E-state index in [1.165, 1.54) is 12.7 Å². The molecule has 0 aromatic heterocycles. The molecule has 0 aliphatic rings. The molecule has 4 heteroatoms. The molecule has 0 bridgehead atoms. The molecule has 1 N–H and O–H groups in total. The molecule has 0 unspecified atom stereocenters. The Kier molecular flexibility index (Phi) is 5.21. The highest BCUT2D eigenvalue weighted by molar-refractivity contribution is 5.76. The molecule has 0 spiro atoms. The number of carbonyl (C=O) groups is 1. The molecule has 1 aromatic carbocycles. The van der Waals surface area contributed by atoms with Crippen molar-refractivity contribution >= 4 is 11.7 Å². The van der Waals surface area contributed by atoms with Crippen molar-refractivity contribution in [1.82, 2.24) is 0 Å². The topological polar surface area (TPSA) is 47.6 Å². The van der Waals surface area contributed by atoms with Gasteiger partial charge in [0.2, 0.25) is 0 Å². The Labute approximate surface area is 115 Å².